The van der Waals surface area contributed by atoms with Crippen molar-refractivity contribution in [3.05, 3.63) is 52.4 Å². The molecule has 1 aromatic heterocycles. The summed E-state index contributed by atoms with van der Waals surface area (Å²) in [5.74, 6) is -4.43. The lowest BCUT2D eigenvalue weighted by atomic mass is 10.3. The van der Waals surface area contributed by atoms with Crippen LogP contribution < -0.4 is 10.9 Å². The molecule has 1 amide bonds. The molecule has 0 radical (unpaired) electrons. The number of alkyl halides is 2. The summed E-state index contributed by atoms with van der Waals surface area (Å²) in [7, 11) is -4.89. The van der Waals surface area contributed by atoms with Gasteiger partial charge >= 0.3 is 5.76 Å². The largest absolute Gasteiger partial charge is 0.341 e. The molecule has 0 atom stereocenters. The summed E-state index contributed by atoms with van der Waals surface area (Å²) in [5.41, 5.74) is -0.800. The predicted molar refractivity (Wildman–Crippen MR) is 91.0 cm³/mol. The molecule has 1 aromatic carbocycles. The quantitative estimate of drug-likeness (QED) is 0.789. The fourth-order valence-electron chi connectivity index (χ4n) is 2.14. The van der Waals surface area contributed by atoms with Crippen molar-refractivity contribution >= 4 is 21.4 Å². The summed E-state index contributed by atoms with van der Waals surface area (Å²) >= 11 is 0. The monoisotopic (exact) mass is 385 g/mol. The Balaban J connectivity index is 2.33. The number of halogens is 2. The maximum atomic E-state index is 12.8. The summed E-state index contributed by atoms with van der Waals surface area (Å²) < 4.78 is 50.2. The van der Waals surface area contributed by atoms with Gasteiger partial charge in [0.2, 0.25) is 9.84 Å². The number of carbonyl (C=O) groups excluding carboxylic acids is 1. The van der Waals surface area contributed by atoms with E-state index >= 15 is 0 Å². The van der Waals surface area contributed by atoms with E-state index in [1.807, 2.05) is 6.92 Å². The third-order valence-electron chi connectivity index (χ3n) is 3.50. The van der Waals surface area contributed by atoms with Crippen molar-refractivity contribution < 1.29 is 22.0 Å². The van der Waals surface area contributed by atoms with Gasteiger partial charge in [-0.3, -0.25) is 9.59 Å². The smallest absolute Gasteiger partial charge is 0.319 e. The normalized spacial score (nSPS) is 11.5. The fourth-order valence-corrected chi connectivity index (χ4v) is 3.02. The number of aryl methyl sites for hydroxylation is 1. The standard InChI is InChI=1S/C16H17F2N3O4S/c1-2-3-10-21-14(22)9-8-12(20-21)15(23)19-11-6-4-5-7-13(11)26(24,25)16(17)18/h4-9,16H,2-3,10H2,1H3,(H,19,23). The molecule has 0 aliphatic rings. The first-order valence-electron chi connectivity index (χ1n) is 7.78. The van der Waals surface area contributed by atoms with Crippen molar-refractivity contribution in [3.63, 3.8) is 0 Å². The Morgan fingerprint density at radius 2 is 1.92 bits per heavy atom. The minimum absolute atomic E-state index is 0.134. The maximum absolute atomic E-state index is 12.8. The Bertz CT molecular complexity index is 958. The molecule has 0 spiro atoms. The average molecular weight is 385 g/mol. The fraction of sp³-hybridized carbons (Fsp3) is 0.312. The summed E-state index contributed by atoms with van der Waals surface area (Å²) in [6, 6.07) is 7.19. The molecule has 140 valence electrons. The Hall–Kier alpha value is -2.62. The Morgan fingerprint density at radius 3 is 2.58 bits per heavy atom. The second kappa shape index (κ2) is 8.17. The number of amides is 1. The first kappa shape index (κ1) is 19.7. The van der Waals surface area contributed by atoms with Crippen molar-refractivity contribution in [3.8, 4) is 0 Å². The topological polar surface area (TPSA) is 98.1 Å². The Kier molecular flexibility index (Phi) is 6.19. The van der Waals surface area contributed by atoms with Crippen LogP contribution in [0.15, 0.2) is 46.1 Å². The van der Waals surface area contributed by atoms with Crippen molar-refractivity contribution in [2.75, 3.05) is 5.32 Å². The zero-order valence-electron chi connectivity index (χ0n) is 13.9. The van der Waals surface area contributed by atoms with Gasteiger partial charge in [0.1, 0.15) is 5.69 Å². The van der Waals surface area contributed by atoms with Crippen LogP contribution in [0, 0.1) is 0 Å². The molecule has 0 saturated heterocycles. The van der Waals surface area contributed by atoms with E-state index in [4.69, 9.17) is 0 Å². The van der Waals surface area contributed by atoms with Gasteiger partial charge in [0, 0.05) is 12.6 Å². The molecule has 1 heterocycles. The van der Waals surface area contributed by atoms with E-state index in [0.29, 0.717) is 13.0 Å². The van der Waals surface area contributed by atoms with E-state index < -0.39 is 26.4 Å². The Labute approximate surface area is 148 Å². The summed E-state index contributed by atoms with van der Waals surface area (Å²) in [4.78, 5) is 23.4. The van der Waals surface area contributed by atoms with Crippen LogP contribution >= 0.6 is 0 Å². The third kappa shape index (κ3) is 4.31. The maximum Gasteiger partial charge on any atom is 0.341 e. The Morgan fingerprint density at radius 1 is 1.23 bits per heavy atom. The number of anilines is 1. The lowest BCUT2D eigenvalue weighted by Gasteiger charge is -2.11. The highest BCUT2D eigenvalue weighted by Gasteiger charge is 2.29. The second-order valence-corrected chi connectivity index (χ2v) is 7.28. The average Bonchev–Trinajstić information content (AvgIpc) is 2.61. The molecule has 26 heavy (non-hydrogen) atoms. The van der Waals surface area contributed by atoms with Crippen LogP contribution in [-0.4, -0.2) is 29.9 Å². The van der Waals surface area contributed by atoms with Crippen molar-refractivity contribution in [2.24, 2.45) is 0 Å². The first-order valence-corrected chi connectivity index (χ1v) is 9.32. The molecule has 0 aliphatic carbocycles. The number of hydrogen-bond donors (Lipinski definition) is 1. The number of nitrogens with one attached hydrogen (secondary N) is 1. The molecule has 2 rings (SSSR count). The van der Waals surface area contributed by atoms with Crippen LogP contribution in [0.2, 0.25) is 0 Å². The number of unbranched alkanes of at least 4 members (excludes halogenated alkanes) is 1. The van der Waals surface area contributed by atoms with Crippen LogP contribution in [0.5, 0.6) is 0 Å². The molecule has 2 aromatic rings. The first-order chi connectivity index (χ1) is 12.3. The van der Waals surface area contributed by atoms with E-state index in [-0.39, 0.29) is 16.9 Å². The highest BCUT2D eigenvalue weighted by molar-refractivity contribution is 7.91. The molecular formula is C16H17F2N3O4S. The molecule has 0 aliphatic heterocycles. The van der Waals surface area contributed by atoms with Gasteiger partial charge in [-0.25, -0.2) is 13.1 Å². The van der Waals surface area contributed by atoms with Gasteiger partial charge < -0.3 is 5.32 Å². The van der Waals surface area contributed by atoms with Gasteiger partial charge in [-0.2, -0.15) is 13.9 Å². The molecular weight excluding hydrogens is 368 g/mol. The highest BCUT2D eigenvalue weighted by atomic mass is 32.2. The summed E-state index contributed by atoms with van der Waals surface area (Å²) in [5, 5.41) is 6.19. The molecule has 0 unspecified atom stereocenters. The molecule has 0 saturated carbocycles. The lowest BCUT2D eigenvalue weighted by Crippen LogP contribution is -2.26. The second-order valence-electron chi connectivity index (χ2n) is 5.39. The van der Waals surface area contributed by atoms with Gasteiger partial charge in [-0.1, -0.05) is 25.5 Å². The van der Waals surface area contributed by atoms with Gasteiger partial charge in [0.25, 0.3) is 11.5 Å². The van der Waals surface area contributed by atoms with Gasteiger partial charge in [-0.05, 0) is 24.6 Å². The summed E-state index contributed by atoms with van der Waals surface area (Å²) in [6.45, 7) is 2.26. The van der Waals surface area contributed by atoms with E-state index in [1.165, 1.54) is 30.3 Å². The van der Waals surface area contributed by atoms with Crippen LogP contribution in [0.4, 0.5) is 14.5 Å². The zero-order valence-corrected chi connectivity index (χ0v) is 14.7. The minimum atomic E-state index is -4.89. The zero-order chi connectivity index (χ0) is 19.3. The van der Waals surface area contributed by atoms with E-state index in [2.05, 4.69) is 10.4 Å². The van der Waals surface area contributed by atoms with Crippen LogP contribution in [0.1, 0.15) is 30.3 Å². The number of benzene rings is 1. The minimum Gasteiger partial charge on any atom is -0.319 e. The molecule has 7 nitrogen and oxygen atoms in total. The number of carbonyl (C=O) groups is 1. The predicted octanol–water partition coefficient (Wildman–Crippen LogP) is 2.29. The van der Waals surface area contributed by atoms with Crippen molar-refractivity contribution in [2.45, 2.75) is 37.0 Å². The van der Waals surface area contributed by atoms with E-state index in [9.17, 15) is 26.8 Å². The van der Waals surface area contributed by atoms with Gasteiger partial charge in [0.05, 0.1) is 10.6 Å². The number of nitrogens with zero attached hydrogens (tertiary/aromatic N) is 2. The SMILES string of the molecule is CCCCn1nc(C(=O)Nc2ccccc2S(=O)(=O)C(F)F)ccc1=O. The highest BCUT2D eigenvalue weighted by Crippen LogP contribution is 2.26. The van der Waals surface area contributed by atoms with Crippen LogP contribution in [-0.2, 0) is 16.4 Å². The van der Waals surface area contributed by atoms with Crippen molar-refractivity contribution in [1.82, 2.24) is 9.78 Å². The summed E-state index contributed by atoms with van der Waals surface area (Å²) in [6.07, 6.45) is 1.51. The van der Waals surface area contributed by atoms with E-state index in [1.54, 1.807) is 0 Å². The van der Waals surface area contributed by atoms with Crippen LogP contribution in [0.3, 0.4) is 0 Å². The van der Waals surface area contributed by atoms with Gasteiger partial charge in [-0.15, -0.1) is 0 Å². The molecule has 0 bridgehead atoms. The van der Waals surface area contributed by atoms with Crippen LogP contribution in [0.25, 0.3) is 0 Å². The number of aromatic nitrogens is 2. The number of sulfone groups is 1. The lowest BCUT2D eigenvalue weighted by molar-refractivity contribution is 0.101. The number of rotatable bonds is 7. The molecule has 0 fully saturated rings. The van der Waals surface area contributed by atoms with E-state index in [0.717, 1.165) is 17.2 Å². The number of para-hydroxylation sites is 1. The third-order valence-corrected chi connectivity index (χ3v) is 4.94. The molecule has 1 N–H and O–H groups in total. The van der Waals surface area contributed by atoms with Crippen molar-refractivity contribution in [1.29, 1.82) is 0 Å². The number of hydrogen-bond acceptors (Lipinski definition) is 5. The molecule has 10 heteroatoms. The van der Waals surface area contributed by atoms with Gasteiger partial charge in [0.15, 0.2) is 0 Å².